The third kappa shape index (κ3) is 11.1. The van der Waals surface area contributed by atoms with E-state index in [0.717, 1.165) is 75.7 Å². The molecule has 0 saturated carbocycles. The minimum atomic E-state index is -1.16. The van der Waals surface area contributed by atoms with Gasteiger partial charge in [-0.2, -0.15) is 0 Å². The van der Waals surface area contributed by atoms with Gasteiger partial charge in [-0.1, -0.05) is 99.0 Å². The number of carbonyl (C=O) groups excluding carboxylic acids is 4. The first kappa shape index (κ1) is 49.7. The fourth-order valence-corrected chi connectivity index (χ4v) is 11.1. The quantitative estimate of drug-likeness (QED) is 0.0520. The van der Waals surface area contributed by atoms with Gasteiger partial charge in [0, 0.05) is 75.1 Å². The summed E-state index contributed by atoms with van der Waals surface area (Å²) in [6, 6.07) is -0.264. The van der Waals surface area contributed by atoms with Crippen molar-refractivity contribution in [2.75, 3.05) is 13.7 Å². The van der Waals surface area contributed by atoms with Crippen LogP contribution >= 0.6 is 0 Å². The van der Waals surface area contributed by atoms with Crippen molar-refractivity contribution in [3.05, 3.63) is 67.4 Å². The molecule has 0 radical (unpaired) electrons. The molecule has 3 aliphatic heterocycles. The van der Waals surface area contributed by atoms with Gasteiger partial charge >= 0.3 is 11.9 Å². The molecule has 2 aromatic rings. The highest BCUT2D eigenvalue weighted by atomic mass is 16.5. The van der Waals surface area contributed by atoms with Crippen molar-refractivity contribution in [1.29, 1.82) is 0 Å². The number of aromatic amines is 2. The molecule has 10 heteroatoms. The molecular formula is C55H78N4O6. The maximum atomic E-state index is 14.4. The van der Waals surface area contributed by atoms with Crippen molar-refractivity contribution < 1.29 is 28.7 Å². The van der Waals surface area contributed by atoms with E-state index in [1.165, 1.54) is 57.6 Å². The van der Waals surface area contributed by atoms with Crippen molar-refractivity contribution in [2.24, 2.45) is 52.3 Å². The number of esters is 2. The van der Waals surface area contributed by atoms with Crippen LogP contribution in [0.4, 0.5) is 0 Å². The van der Waals surface area contributed by atoms with Crippen LogP contribution < -0.4 is 16.0 Å². The van der Waals surface area contributed by atoms with E-state index in [9.17, 15) is 19.2 Å². The Kier molecular flexibility index (Phi) is 16.6. The van der Waals surface area contributed by atoms with Gasteiger partial charge in [0.15, 0.2) is 11.6 Å². The fraction of sp³-hybridized carbons (Fsp3) is 0.618. The molecule has 1 fully saturated rings. The van der Waals surface area contributed by atoms with Crippen molar-refractivity contribution in [3.63, 3.8) is 0 Å². The number of allylic oxidation sites excluding steroid dienone is 3. The summed E-state index contributed by atoms with van der Waals surface area (Å²) in [6.45, 7) is 23.7. The molecule has 5 heterocycles. The van der Waals surface area contributed by atoms with Gasteiger partial charge in [-0.15, -0.1) is 0 Å². The van der Waals surface area contributed by atoms with E-state index in [1.54, 1.807) is 6.92 Å². The smallest absolute Gasteiger partial charge is 0.321 e. The summed E-state index contributed by atoms with van der Waals surface area (Å²) in [5, 5.41) is 5.30. The van der Waals surface area contributed by atoms with Crippen LogP contribution in [0, 0.1) is 61.2 Å². The molecule has 65 heavy (non-hydrogen) atoms. The number of carbonyl (C=O) groups is 4. The van der Waals surface area contributed by atoms with Gasteiger partial charge in [-0.3, -0.25) is 24.2 Å². The summed E-state index contributed by atoms with van der Waals surface area (Å²) >= 11 is 0. The molecule has 6 rings (SSSR count). The standard InChI is InChI=1S/C55H78N4O6/c1-13-39-34(7)41-29-46-48(38(11)60)36(9)43(57-46)27-42-35(8)40(52(58-42)50-51(55(63)64-12)54(62)49-37(10)44(59-53(49)50)28-45(39)56-41)23-24-47(61)65-26-25-33(6)22-16-21-32(5)20-15-19-31(4)18-14-17-30(2)3/h25,27-32,34-35,39-40,42,51,57-59H,13-24,26H2,1-12H3/b33-25+,43-27-,45-28-,46-29-,52-50-/t31-,32-,34-,35+,39-,40+,42?,51-/m1/s1. The van der Waals surface area contributed by atoms with Gasteiger partial charge in [0.05, 0.1) is 18.2 Å². The number of rotatable bonds is 20. The number of H-pyrrole nitrogens is 2. The van der Waals surface area contributed by atoms with E-state index in [1.807, 2.05) is 32.1 Å². The predicted molar refractivity (Wildman–Crippen MR) is 263 cm³/mol. The van der Waals surface area contributed by atoms with E-state index >= 15 is 0 Å². The normalized spacial score (nSPS) is 26.4. The number of Topliss-reactive ketones (excluding diaryl/α,β-unsaturated/α-hetero) is 2. The zero-order valence-corrected chi connectivity index (χ0v) is 41.6. The fourth-order valence-electron chi connectivity index (χ4n) is 11.1. The predicted octanol–water partition coefficient (Wildman–Crippen LogP) is 10.5. The molecule has 0 aromatic carbocycles. The van der Waals surface area contributed by atoms with Gasteiger partial charge in [-0.05, 0) is 112 Å². The first-order valence-electron chi connectivity index (χ1n) is 24.8. The number of nitrogens with zero attached hydrogens (tertiary/aromatic N) is 1. The largest absolute Gasteiger partial charge is 0.468 e. The van der Waals surface area contributed by atoms with Gasteiger partial charge < -0.3 is 24.8 Å². The van der Waals surface area contributed by atoms with E-state index in [4.69, 9.17) is 14.5 Å². The molecule has 1 unspecified atom stereocenters. The monoisotopic (exact) mass is 891 g/mol. The third-order valence-corrected chi connectivity index (χ3v) is 15.2. The molecular weight excluding hydrogens is 813 g/mol. The molecule has 2 aromatic heterocycles. The first-order valence-corrected chi connectivity index (χ1v) is 24.8. The minimum absolute atomic E-state index is 0.0337. The maximum Gasteiger partial charge on any atom is 0.321 e. The van der Waals surface area contributed by atoms with Gasteiger partial charge in [0.1, 0.15) is 12.5 Å². The van der Waals surface area contributed by atoms with Crippen LogP contribution in [0.1, 0.15) is 183 Å². The number of aromatic nitrogens is 2. The zero-order valence-electron chi connectivity index (χ0n) is 41.6. The molecule has 8 atom stereocenters. The van der Waals surface area contributed by atoms with Crippen LogP contribution in [0.25, 0.3) is 23.8 Å². The summed E-state index contributed by atoms with van der Waals surface area (Å²) in [5.41, 5.74) is 8.42. The van der Waals surface area contributed by atoms with Gasteiger partial charge in [0.2, 0.25) is 0 Å². The topological polar surface area (TPSA) is 143 Å². The summed E-state index contributed by atoms with van der Waals surface area (Å²) in [5.74, 6) is -0.165. The number of methoxy groups -OCH3 is 1. The summed E-state index contributed by atoms with van der Waals surface area (Å²) < 4.78 is 11.1. The van der Waals surface area contributed by atoms with Crippen LogP contribution in [0.3, 0.4) is 0 Å². The van der Waals surface area contributed by atoms with Crippen LogP contribution in [0.15, 0.2) is 28.0 Å². The number of hydrogen-bond acceptors (Lipinski definition) is 8. The number of nitrogens with one attached hydrogen (secondary N) is 3. The Labute approximate surface area is 388 Å². The highest BCUT2D eigenvalue weighted by molar-refractivity contribution is 6.24. The van der Waals surface area contributed by atoms with Gasteiger partial charge in [-0.25, -0.2) is 0 Å². The second-order valence-electron chi connectivity index (χ2n) is 20.6. The second-order valence-corrected chi connectivity index (χ2v) is 20.6. The molecule has 1 saturated heterocycles. The second kappa shape index (κ2) is 21.7. The van der Waals surface area contributed by atoms with Crippen molar-refractivity contribution >= 4 is 53.0 Å². The number of ether oxygens (including phenoxy) is 2. The lowest BCUT2D eigenvalue weighted by Crippen LogP contribution is -2.28. The lowest BCUT2D eigenvalue weighted by atomic mass is 9.83. The third-order valence-electron chi connectivity index (χ3n) is 15.2. The van der Waals surface area contributed by atoms with Crippen molar-refractivity contribution in [1.82, 2.24) is 15.3 Å². The molecule has 3 N–H and O–H groups in total. The Morgan fingerprint density at radius 1 is 0.862 bits per heavy atom. The minimum Gasteiger partial charge on any atom is -0.468 e. The molecule has 8 bridgehead atoms. The summed E-state index contributed by atoms with van der Waals surface area (Å²) in [6.07, 6.45) is 20.9. The summed E-state index contributed by atoms with van der Waals surface area (Å²) in [7, 11) is 1.31. The Hall–Kier alpha value is -4.73. The zero-order chi connectivity index (χ0) is 47.3. The Morgan fingerprint density at radius 3 is 2.18 bits per heavy atom. The Bertz CT molecular complexity index is 2370. The molecule has 354 valence electrons. The molecule has 0 spiro atoms. The number of ketones is 2. The van der Waals surface area contributed by atoms with E-state index in [-0.39, 0.29) is 60.3 Å². The average molecular weight is 891 g/mol. The number of hydrogen-bond donors (Lipinski definition) is 3. The average Bonchev–Trinajstić information content (AvgIpc) is 4.00. The van der Waals surface area contributed by atoms with Crippen LogP contribution in [-0.2, 0) is 19.1 Å². The van der Waals surface area contributed by atoms with Crippen LogP contribution in [0.2, 0.25) is 0 Å². The van der Waals surface area contributed by atoms with Crippen molar-refractivity contribution in [3.8, 4) is 0 Å². The van der Waals surface area contributed by atoms with Crippen molar-refractivity contribution in [2.45, 2.75) is 159 Å². The molecule has 4 aliphatic rings. The summed E-state index contributed by atoms with van der Waals surface area (Å²) in [4.78, 5) is 67.0. The Balaban J connectivity index is 1.22. The van der Waals surface area contributed by atoms with E-state index in [2.05, 4.69) is 76.8 Å². The number of aliphatic imine (C=N–C) groups is 1. The molecule has 0 amide bonds. The lowest BCUT2D eigenvalue weighted by molar-refractivity contribution is -0.143. The van der Waals surface area contributed by atoms with E-state index in [0.29, 0.717) is 34.7 Å². The van der Waals surface area contributed by atoms with E-state index < -0.39 is 11.9 Å². The van der Waals surface area contributed by atoms with Gasteiger partial charge in [0.25, 0.3) is 0 Å². The maximum absolute atomic E-state index is 14.4. The van der Waals surface area contributed by atoms with Crippen LogP contribution in [0.5, 0.6) is 0 Å². The van der Waals surface area contributed by atoms with Crippen LogP contribution in [-0.4, -0.2) is 58.9 Å². The first-order chi connectivity index (χ1) is 30.9. The Morgan fingerprint density at radius 2 is 1.54 bits per heavy atom. The number of fused-ring (bicyclic) bond motifs is 6. The highest BCUT2D eigenvalue weighted by Crippen LogP contribution is 2.48. The SMILES string of the molecule is CC[C@H]1/C2=C/c3[nH]c4c(c3C)C(=O)[C@H](C(=O)OC)/C4=C3/NC(/C=c4\[nH]/c(c(C(C)=O)c4C)=C\C(=N2)[C@@H]1C)[C@@H](C)[C@@H]3CCC(=O)OC/C=C(\C)CCC[C@H](C)CCC[C@H](C)CCCC(C)C. The lowest BCUT2D eigenvalue weighted by Gasteiger charge is -2.20. The molecule has 10 nitrogen and oxygen atoms in total. The highest BCUT2D eigenvalue weighted by Gasteiger charge is 2.49. The molecule has 1 aliphatic carbocycles.